The van der Waals surface area contributed by atoms with Crippen LogP contribution >= 0.6 is 11.6 Å². The molecule has 142 valence electrons. The lowest BCUT2D eigenvalue weighted by Crippen LogP contribution is -2.51. The molecule has 3 rings (SSSR count). The van der Waals surface area contributed by atoms with Crippen LogP contribution in [0.15, 0.2) is 42.6 Å². The molecule has 2 amide bonds. The van der Waals surface area contributed by atoms with Crippen molar-refractivity contribution in [3.63, 3.8) is 0 Å². The first kappa shape index (κ1) is 19.1. The molecule has 2 aromatic rings. The number of esters is 1. The number of amides is 2. The Labute approximate surface area is 162 Å². The maximum Gasteiger partial charge on any atom is 0.339 e. The van der Waals surface area contributed by atoms with Crippen LogP contribution in [0.5, 0.6) is 0 Å². The van der Waals surface area contributed by atoms with Crippen molar-refractivity contribution in [2.24, 2.45) is 0 Å². The van der Waals surface area contributed by atoms with Gasteiger partial charge in [0.15, 0.2) is 0 Å². The number of piperazine rings is 1. The highest BCUT2D eigenvalue weighted by Gasteiger charge is 2.27. The summed E-state index contributed by atoms with van der Waals surface area (Å²) >= 11 is 5.96. The van der Waals surface area contributed by atoms with Gasteiger partial charge in [-0.1, -0.05) is 23.7 Å². The summed E-state index contributed by atoms with van der Waals surface area (Å²) in [5, 5.41) is 6.88. The number of rotatable bonds is 4. The number of carbonyl (C=O) groups excluding carboxylic acids is 2. The molecule has 1 atom stereocenters. The number of ether oxygens (including phenoxy) is 1. The van der Waals surface area contributed by atoms with Crippen LogP contribution in [-0.2, 0) is 11.3 Å². The Morgan fingerprint density at radius 2 is 2.07 bits per heavy atom. The Hall–Kier alpha value is -2.64. The number of pyridine rings is 1. The van der Waals surface area contributed by atoms with E-state index in [1.807, 2.05) is 29.2 Å². The standard InChI is InChI=1S/C19H21ClN4O3/c1-27-18(25)14-4-7-16(22-10-14)11-23-19(26)24-9-8-21-12-17(24)13-2-5-15(20)6-3-13/h2-7,10,17,21H,8-9,11-12H2,1H3,(H,23,26). The van der Waals surface area contributed by atoms with Gasteiger partial charge in [0.05, 0.1) is 31.0 Å². The zero-order chi connectivity index (χ0) is 19.2. The van der Waals surface area contributed by atoms with Crippen LogP contribution in [0.25, 0.3) is 0 Å². The van der Waals surface area contributed by atoms with Gasteiger partial charge in [-0.3, -0.25) is 4.98 Å². The largest absolute Gasteiger partial charge is 0.465 e. The molecule has 7 nitrogen and oxygen atoms in total. The number of halogens is 1. The molecule has 0 radical (unpaired) electrons. The van der Waals surface area contributed by atoms with Crippen molar-refractivity contribution >= 4 is 23.6 Å². The van der Waals surface area contributed by atoms with Crippen LogP contribution in [0.4, 0.5) is 4.79 Å². The second-order valence-electron chi connectivity index (χ2n) is 6.15. The van der Waals surface area contributed by atoms with Crippen LogP contribution in [0.2, 0.25) is 5.02 Å². The first-order chi connectivity index (χ1) is 13.1. The highest BCUT2D eigenvalue weighted by Crippen LogP contribution is 2.23. The van der Waals surface area contributed by atoms with Gasteiger partial charge in [-0.25, -0.2) is 9.59 Å². The molecule has 27 heavy (non-hydrogen) atoms. The topological polar surface area (TPSA) is 83.6 Å². The van der Waals surface area contributed by atoms with Crippen molar-refractivity contribution in [3.8, 4) is 0 Å². The van der Waals surface area contributed by atoms with E-state index < -0.39 is 5.97 Å². The van der Waals surface area contributed by atoms with E-state index >= 15 is 0 Å². The minimum atomic E-state index is -0.440. The van der Waals surface area contributed by atoms with E-state index in [1.165, 1.54) is 13.3 Å². The SMILES string of the molecule is COC(=O)c1ccc(CNC(=O)N2CCNCC2c2ccc(Cl)cc2)nc1. The van der Waals surface area contributed by atoms with Gasteiger partial charge in [-0.05, 0) is 29.8 Å². The smallest absolute Gasteiger partial charge is 0.339 e. The second kappa shape index (κ2) is 8.83. The normalized spacial score (nSPS) is 16.7. The summed E-state index contributed by atoms with van der Waals surface area (Å²) < 4.78 is 4.65. The van der Waals surface area contributed by atoms with E-state index in [4.69, 9.17) is 11.6 Å². The number of urea groups is 1. The van der Waals surface area contributed by atoms with Gasteiger partial charge in [0.2, 0.25) is 0 Å². The van der Waals surface area contributed by atoms with Gasteiger partial charge in [0.1, 0.15) is 0 Å². The number of nitrogens with zero attached hydrogens (tertiary/aromatic N) is 2. The number of nitrogens with one attached hydrogen (secondary N) is 2. The minimum absolute atomic E-state index is 0.0642. The maximum atomic E-state index is 12.7. The van der Waals surface area contributed by atoms with E-state index in [-0.39, 0.29) is 18.6 Å². The molecule has 1 aliphatic heterocycles. The molecular formula is C19H21ClN4O3. The van der Waals surface area contributed by atoms with Gasteiger partial charge in [-0.2, -0.15) is 0 Å². The maximum absolute atomic E-state index is 12.7. The molecule has 0 saturated carbocycles. The van der Waals surface area contributed by atoms with Crippen molar-refractivity contribution in [1.82, 2.24) is 20.5 Å². The van der Waals surface area contributed by atoms with Crippen molar-refractivity contribution in [3.05, 3.63) is 64.4 Å². The van der Waals surface area contributed by atoms with Crippen LogP contribution in [0, 0.1) is 0 Å². The van der Waals surface area contributed by atoms with Crippen LogP contribution in [-0.4, -0.2) is 48.6 Å². The first-order valence-corrected chi connectivity index (χ1v) is 9.00. The number of hydrogen-bond donors (Lipinski definition) is 2. The van der Waals surface area contributed by atoms with Gasteiger partial charge < -0.3 is 20.3 Å². The molecule has 1 saturated heterocycles. The molecule has 0 bridgehead atoms. The number of benzene rings is 1. The fourth-order valence-electron chi connectivity index (χ4n) is 2.97. The third-order valence-electron chi connectivity index (χ3n) is 4.43. The third-order valence-corrected chi connectivity index (χ3v) is 4.68. The summed E-state index contributed by atoms with van der Waals surface area (Å²) in [6.07, 6.45) is 1.44. The summed E-state index contributed by atoms with van der Waals surface area (Å²) in [5.74, 6) is -0.440. The zero-order valence-corrected chi connectivity index (χ0v) is 15.7. The average molecular weight is 389 g/mol. The molecule has 1 aliphatic rings. The van der Waals surface area contributed by atoms with Crippen molar-refractivity contribution < 1.29 is 14.3 Å². The fraction of sp³-hybridized carbons (Fsp3) is 0.316. The first-order valence-electron chi connectivity index (χ1n) is 8.62. The highest BCUT2D eigenvalue weighted by atomic mass is 35.5. The van der Waals surface area contributed by atoms with Crippen molar-refractivity contribution in [2.45, 2.75) is 12.6 Å². The lowest BCUT2D eigenvalue weighted by atomic mass is 10.0. The van der Waals surface area contributed by atoms with Crippen molar-refractivity contribution in [2.75, 3.05) is 26.7 Å². The third kappa shape index (κ3) is 4.75. The lowest BCUT2D eigenvalue weighted by molar-refractivity contribution is 0.0600. The molecule has 1 unspecified atom stereocenters. The Kier molecular flexibility index (Phi) is 6.26. The molecule has 0 spiro atoms. The fourth-order valence-corrected chi connectivity index (χ4v) is 3.09. The highest BCUT2D eigenvalue weighted by molar-refractivity contribution is 6.30. The Balaban J connectivity index is 1.63. The molecule has 1 aromatic carbocycles. The molecule has 1 fully saturated rings. The lowest BCUT2D eigenvalue weighted by Gasteiger charge is -2.36. The minimum Gasteiger partial charge on any atom is -0.465 e. The van der Waals surface area contributed by atoms with Crippen molar-refractivity contribution in [1.29, 1.82) is 0 Å². The molecular weight excluding hydrogens is 368 g/mol. The summed E-state index contributed by atoms with van der Waals surface area (Å²) in [6, 6.07) is 10.6. The average Bonchev–Trinajstić information content (AvgIpc) is 2.72. The Bertz CT molecular complexity index is 796. The van der Waals surface area contributed by atoms with E-state index in [0.717, 1.165) is 12.1 Å². The molecule has 8 heteroatoms. The predicted octanol–water partition coefficient (Wildman–Crippen LogP) is 2.38. The Morgan fingerprint density at radius 1 is 1.30 bits per heavy atom. The van der Waals surface area contributed by atoms with Gasteiger partial charge in [-0.15, -0.1) is 0 Å². The van der Waals surface area contributed by atoms with Gasteiger partial charge in [0.25, 0.3) is 0 Å². The van der Waals surface area contributed by atoms with E-state index in [9.17, 15) is 9.59 Å². The molecule has 1 aromatic heterocycles. The van der Waals surface area contributed by atoms with Crippen LogP contribution in [0.1, 0.15) is 27.7 Å². The Morgan fingerprint density at radius 3 is 2.74 bits per heavy atom. The van der Waals surface area contributed by atoms with Gasteiger partial charge in [0, 0.05) is 30.9 Å². The molecule has 2 N–H and O–H groups in total. The quantitative estimate of drug-likeness (QED) is 0.786. The summed E-state index contributed by atoms with van der Waals surface area (Å²) in [4.78, 5) is 30.1. The number of hydrogen-bond acceptors (Lipinski definition) is 5. The summed E-state index contributed by atoms with van der Waals surface area (Å²) in [5.41, 5.74) is 2.06. The summed E-state index contributed by atoms with van der Waals surface area (Å²) in [6.45, 7) is 2.30. The van der Waals surface area contributed by atoms with E-state index in [0.29, 0.717) is 29.4 Å². The van der Waals surface area contributed by atoms with E-state index in [1.54, 1.807) is 12.1 Å². The number of carbonyl (C=O) groups is 2. The summed E-state index contributed by atoms with van der Waals surface area (Å²) in [7, 11) is 1.32. The van der Waals surface area contributed by atoms with E-state index in [2.05, 4.69) is 20.4 Å². The van der Waals surface area contributed by atoms with Crippen LogP contribution in [0.3, 0.4) is 0 Å². The number of methoxy groups -OCH3 is 1. The molecule has 2 heterocycles. The number of aromatic nitrogens is 1. The zero-order valence-electron chi connectivity index (χ0n) is 14.9. The van der Waals surface area contributed by atoms with Crippen LogP contribution < -0.4 is 10.6 Å². The molecule has 0 aliphatic carbocycles. The predicted molar refractivity (Wildman–Crippen MR) is 102 cm³/mol. The second-order valence-corrected chi connectivity index (χ2v) is 6.59. The van der Waals surface area contributed by atoms with Gasteiger partial charge >= 0.3 is 12.0 Å². The monoisotopic (exact) mass is 388 g/mol.